The summed E-state index contributed by atoms with van der Waals surface area (Å²) in [5.41, 5.74) is 0.145. The smallest absolute Gasteiger partial charge is 0.237 e. The molecule has 8 heteroatoms. The summed E-state index contributed by atoms with van der Waals surface area (Å²) in [6.07, 6.45) is 3.01. The van der Waals surface area contributed by atoms with E-state index >= 15 is 0 Å². The lowest BCUT2D eigenvalue weighted by Gasteiger charge is -2.49. The number of hydrogen-bond donors (Lipinski definition) is 0. The molecule has 0 bridgehead atoms. The van der Waals surface area contributed by atoms with Crippen LogP contribution in [-0.4, -0.2) is 51.5 Å². The van der Waals surface area contributed by atoms with E-state index in [0.717, 1.165) is 18.5 Å². The minimum atomic E-state index is -0.435. The van der Waals surface area contributed by atoms with E-state index in [2.05, 4.69) is 34.3 Å². The molecule has 152 valence electrons. The van der Waals surface area contributed by atoms with Crippen molar-refractivity contribution in [1.29, 1.82) is 0 Å². The number of pyridine rings is 1. The summed E-state index contributed by atoms with van der Waals surface area (Å²) >= 11 is 3.38. The van der Waals surface area contributed by atoms with Gasteiger partial charge in [-0.1, -0.05) is 6.92 Å². The molecule has 0 saturated carbocycles. The van der Waals surface area contributed by atoms with Crippen LogP contribution in [0.5, 0.6) is 5.75 Å². The Morgan fingerprint density at radius 2 is 2.07 bits per heavy atom. The molecule has 0 radical (unpaired) electrons. The Morgan fingerprint density at radius 1 is 1.33 bits per heavy atom. The lowest BCUT2D eigenvalue weighted by atomic mass is 9.69. The van der Waals surface area contributed by atoms with Crippen LogP contribution < -0.4 is 10.2 Å². The molecule has 0 N–H and O–H groups in total. The number of nitrogens with zero attached hydrogens (tertiary/aromatic N) is 1. The topological polar surface area (TPSA) is 68.2 Å². The average molecular weight is 446 g/mol. The number of rotatable bonds is 7. The second-order valence-electron chi connectivity index (χ2n) is 7.50. The molecule has 27 heavy (non-hydrogen) atoms. The second-order valence-corrected chi connectivity index (χ2v) is 8.36. The van der Waals surface area contributed by atoms with Crippen molar-refractivity contribution in [1.82, 2.24) is 4.57 Å². The summed E-state index contributed by atoms with van der Waals surface area (Å²) in [5, 5.41) is 0. The molecule has 3 heterocycles. The van der Waals surface area contributed by atoms with Gasteiger partial charge in [0.05, 0.1) is 35.5 Å². The summed E-state index contributed by atoms with van der Waals surface area (Å²) in [6, 6.07) is 0.0880. The third kappa shape index (κ3) is 3.46. The van der Waals surface area contributed by atoms with Gasteiger partial charge in [-0.25, -0.2) is 0 Å². The van der Waals surface area contributed by atoms with Crippen LogP contribution in [0.25, 0.3) is 0 Å². The average Bonchev–Trinajstić information content (AvgIpc) is 3.05. The van der Waals surface area contributed by atoms with Gasteiger partial charge >= 0.3 is 0 Å². The van der Waals surface area contributed by atoms with Crippen molar-refractivity contribution in [2.24, 2.45) is 5.41 Å². The van der Waals surface area contributed by atoms with E-state index < -0.39 is 11.5 Å². The first kappa shape index (κ1) is 20.8. The lowest BCUT2D eigenvalue weighted by molar-refractivity contribution is -0.180. The molecule has 5 unspecified atom stereocenters. The monoisotopic (exact) mass is 445 g/mol. The van der Waals surface area contributed by atoms with Crippen molar-refractivity contribution < 1.29 is 23.7 Å². The molecule has 1 fully saturated rings. The fraction of sp³-hybridized carbons (Fsp3) is 0.737. The Labute approximate surface area is 168 Å². The minimum Gasteiger partial charge on any atom is -0.491 e. The van der Waals surface area contributed by atoms with Crippen molar-refractivity contribution in [2.75, 3.05) is 34.7 Å². The molecule has 3 rings (SSSR count). The molecule has 7 nitrogen and oxygen atoms in total. The summed E-state index contributed by atoms with van der Waals surface area (Å²) in [6.45, 7) is 4.88. The van der Waals surface area contributed by atoms with E-state index in [9.17, 15) is 4.79 Å². The van der Waals surface area contributed by atoms with Crippen molar-refractivity contribution in [2.45, 2.75) is 51.0 Å². The molecule has 1 aromatic heterocycles. The zero-order chi connectivity index (χ0) is 19.8. The Morgan fingerprint density at radius 3 is 2.70 bits per heavy atom. The zero-order valence-corrected chi connectivity index (χ0v) is 18.1. The highest BCUT2D eigenvalue weighted by Crippen LogP contribution is 2.56. The number of hydrogen-bond acceptors (Lipinski definition) is 6. The van der Waals surface area contributed by atoms with Gasteiger partial charge in [-0.3, -0.25) is 4.79 Å². The predicted octanol–water partition coefficient (Wildman–Crippen LogP) is 3.06. The molecule has 1 aromatic rings. The molecule has 0 aromatic carbocycles. The van der Waals surface area contributed by atoms with Crippen LogP contribution in [0.1, 0.15) is 44.5 Å². The van der Waals surface area contributed by atoms with Crippen LogP contribution in [-0.2, 0) is 18.9 Å². The first-order chi connectivity index (χ1) is 12.9. The maximum absolute atomic E-state index is 12.7. The van der Waals surface area contributed by atoms with Crippen LogP contribution in [0.2, 0.25) is 0 Å². The summed E-state index contributed by atoms with van der Waals surface area (Å²) in [7, 11) is 4.78. The molecule has 0 amide bonds. The Hall–Kier alpha value is -0.930. The van der Waals surface area contributed by atoms with Crippen LogP contribution in [0, 0.1) is 5.41 Å². The zero-order valence-electron chi connectivity index (χ0n) is 16.5. The van der Waals surface area contributed by atoms with Crippen molar-refractivity contribution in [3.05, 3.63) is 26.6 Å². The van der Waals surface area contributed by atoms with Gasteiger partial charge in [0.2, 0.25) is 5.43 Å². The summed E-state index contributed by atoms with van der Waals surface area (Å²) in [5.74, 6) is 0.298. The van der Waals surface area contributed by atoms with Gasteiger partial charge in [0, 0.05) is 32.4 Å². The minimum absolute atomic E-state index is 0.0730. The van der Waals surface area contributed by atoms with Crippen molar-refractivity contribution in [3.8, 4) is 5.75 Å². The van der Waals surface area contributed by atoms with Gasteiger partial charge in [0.25, 0.3) is 0 Å². The van der Waals surface area contributed by atoms with Gasteiger partial charge in [-0.2, -0.15) is 0 Å². The van der Waals surface area contributed by atoms with Crippen LogP contribution >= 0.6 is 15.9 Å². The molecular formula is C19H28BrNO6. The van der Waals surface area contributed by atoms with E-state index in [1.54, 1.807) is 14.2 Å². The van der Waals surface area contributed by atoms with Gasteiger partial charge in [-0.05, 0) is 35.7 Å². The first-order valence-electron chi connectivity index (χ1n) is 9.12. The van der Waals surface area contributed by atoms with Crippen LogP contribution in [0.4, 0.5) is 0 Å². The third-order valence-electron chi connectivity index (χ3n) is 5.74. The molecule has 0 aliphatic carbocycles. The largest absolute Gasteiger partial charge is 0.491 e. The fourth-order valence-electron chi connectivity index (χ4n) is 4.50. The fourth-order valence-corrected chi connectivity index (χ4v) is 4.90. The number of methoxy groups -OCH3 is 3. The summed E-state index contributed by atoms with van der Waals surface area (Å²) < 4.78 is 31.2. The van der Waals surface area contributed by atoms with E-state index in [-0.39, 0.29) is 30.5 Å². The van der Waals surface area contributed by atoms with Gasteiger partial charge in [-0.15, -0.1) is 0 Å². The van der Waals surface area contributed by atoms with E-state index in [4.69, 9.17) is 23.7 Å². The Bertz CT molecular complexity index is 738. The van der Waals surface area contributed by atoms with E-state index in [1.807, 2.05) is 6.20 Å². The maximum atomic E-state index is 12.7. The van der Waals surface area contributed by atoms with Gasteiger partial charge < -0.3 is 28.3 Å². The van der Waals surface area contributed by atoms with Gasteiger partial charge in [0.1, 0.15) is 12.9 Å². The summed E-state index contributed by atoms with van der Waals surface area (Å²) in [4.78, 5) is 12.7. The molecule has 0 spiro atoms. The van der Waals surface area contributed by atoms with Crippen molar-refractivity contribution >= 4 is 15.9 Å². The number of fused-ring (bicyclic) bond motifs is 3. The first-order valence-corrected chi connectivity index (χ1v) is 9.91. The SMILES string of the molecule is COCCC1(C)C(OCOC)c2c(OC)c(=O)c(Br)cn2C2CC(C)OC21. The van der Waals surface area contributed by atoms with Crippen molar-refractivity contribution in [3.63, 3.8) is 0 Å². The molecule has 2 aliphatic heterocycles. The normalized spacial score (nSPS) is 32.2. The highest BCUT2D eigenvalue weighted by atomic mass is 79.9. The number of aromatic nitrogens is 1. The number of ether oxygens (including phenoxy) is 5. The molecule has 1 saturated heterocycles. The third-order valence-corrected chi connectivity index (χ3v) is 6.31. The van der Waals surface area contributed by atoms with Crippen LogP contribution in [0.15, 0.2) is 15.5 Å². The lowest BCUT2D eigenvalue weighted by Crippen LogP contribution is -2.50. The van der Waals surface area contributed by atoms with Crippen LogP contribution in [0.3, 0.4) is 0 Å². The predicted molar refractivity (Wildman–Crippen MR) is 103 cm³/mol. The standard InChI is InChI=1S/C19H28BrNO6/c1-11-8-13-17(27-11)19(2,6-7-23-3)18(26-10-24-4)14-16(25-5)15(22)12(20)9-21(13)14/h9,11,13,17-18H,6-8,10H2,1-5H3. The highest BCUT2D eigenvalue weighted by molar-refractivity contribution is 9.10. The van der Waals surface area contributed by atoms with E-state index in [0.29, 0.717) is 16.8 Å². The molecule has 5 atom stereocenters. The molecule has 2 aliphatic rings. The maximum Gasteiger partial charge on any atom is 0.237 e. The van der Waals surface area contributed by atoms with E-state index in [1.165, 1.54) is 7.11 Å². The molecular weight excluding hydrogens is 418 g/mol. The Kier molecular flexibility index (Phi) is 6.32. The van der Waals surface area contributed by atoms with Gasteiger partial charge in [0.15, 0.2) is 5.75 Å². The second kappa shape index (κ2) is 8.21. The Balaban J connectivity index is 2.23. The quantitative estimate of drug-likeness (QED) is 0.600. The number of halogens is 1. The highest BCUT2D eigenvalue weighted by Gasteiger charge is 2.56.